The predicted octanol–water partition coefficient (Wildman–Crippen LogP) is 16.4. The van der Waals surface area contributed by atoms with Crippen LogP contribution < -0.4 is 59.2 Å². The van der Waals surface area contributed by atoms with Crippen molar-refractivity contribution in [1.82, 2.24) is 66.0 Å². The van der Waals surface area contributed by atoms with Crippen LogP contribution in [0.2, 0.25) is 0 Å². The van der Waals surface area contributed by atoms with E-state index in [1.807, 2.05) is 105 Å². The number of ether oxygens (including phenoxy) is 8. The van der Waals surface area contributed by atoms with Gasteiger partial charge in [-0.1, -0.05) is 18.2 Å². The number of carbonyl (C=O) groups excluding carboxylic acids is 4. The quantitative estimate of drug-likeness (QED) is 0.0167. The smallest absolute Gasteiger partial charge is 0.224 e. The van der Waals surface area contributed by atoms with Crippen LogP contribution in [0.25, 0.3) is 58.0 Å². The molecule has 7 aromatic heterocycles. The number of benzene rings is 5. The largest absolute Gasteiger partial charge is 0.502 e. The van der Waals surface area contributed by atoms with E-state index in [0.717, 1.165) is 84.4 Å². The first-order valence-corrected chi connectivity index (χ1v) is 42.6. The van der Waals surface area contributed by atoms with Crippen LogP contribution in [0.4, 0.5) is 17.6 Å². The van der Waals surface area contributed by atoms with Crippen LogP contribution in [0.3, 0.4) is 0 Å². The maximum atomic E-state index is 14.8. The van der Waals surface area contributed by atoms with E-state index < -0.39 is 23.8 Å². The number of fused-ring (bicyclic) bond motifs is 4. The van der Waals surface area contributed by atoms with Crippen LogP contribution in [-0.4, -0.2) is 160 Å². The minimum Gasteiger partial charge on any atom is -0.502 e. The highest BCUT2D eigenvalue weighted by Crippen LogP contribution is 2.51. The number of methoxy groups -OCH3 is 8. The average Bonchev–Trinajstić information content (AvgIpc) is 1.51. The van der Waals surface area contributed by atoms with Crippen LogP contribution in [0.5, 0.6) is 69.0 Å². The number of aromatic nitrogens is 7. The molecule has 0 saturated carbocycles. The maximum absolute atomic E-state index is 14.8. The van der Waals surface area contributed by atoms with Gasteiger partial charge < -0.3 is 89.4 Å². The number of halogens is 4. The van der Waals surface area contributed by atoms with Crippen molar-refractivity contribution in [3.63, 3.8) is 0 Å². The van der Waals surface area contributed by atoms with Crippen molar-refractivity contribution in [2.75, 3.05) is 71.0 Å². The summed E-state index contributed by atoms with van der Waals surface area (Å²) in [6.45, 7) is 5.12. The normalized spacial score (nSPS) is 14.8. The number of allylic oxidation sites excluding steroid dienone is 4. The van der Waals surface area contributed by atoms with Gasteiger partial charge in [0.2, 0.25) is 58.5 Å². The van der Waals surface area contributed by atoms with Gasteiger partial charge in [0, 0.05) is 124 Å². The van der Waals surface area contributed by atoms with Crippen LogP contribution in [0.15, 0.2) is 213 Å². The van der Waals surface area contributed by atoms with Crippen molar-refractivity contribution >= 4 is 81.6 Å². The molecule has 29 nitrogen and oxygen atoms in total. The zero-order valence-electron chi connectivity index (χ0n) is 76.4. The van der Waals surface area contributed by atoms with Crippen molar-refractivity contribution in [2.24, 2.45) is 0 Å². The Balaban J connectivity index is 0.000000153. The minimum absolute atomic E-state index is 0.00611. The fourth-order valence-corrected chi connectivity index (χ4v) is 16.1. The monoisotopic (exact) mass is 1850 g/mol. The van der Waals surface area contributed by atoms with Gasteiger partial charge in [0.15, 0.2) is 46.0 Å². The number of pyridine rings is 7. The molecule has 2 aliphatic carbocycles. The Bertz CT molecular complexity index is 6350. The van der Waals surface area contributed by atoms with Gasteiger partial charge in [-0.2, -0.15) is 8.78 Å². The summed E-state index contributed by atoms with van der Waals surface area (Å²) in [5, 5.41) is 52.4. The Labute approximate surface area is 781 Å². The third kappa shape index (κ3) is 22.7. The lowest BCUT2D eigenvalue weighted by Gasteiger charge is -2.23. The molecule has 0 bridgehead atoms. The van der Waals surface area contributed by atoms with E-state index in [1.54, 1.807) is 116 Å². The molecule has 136 heavy (non-hydrogen) atoms. The Morgan fingerprint density at radius 1 is 0.382 bits per heavy atom. The number of phenolic OH excluding ortho intramolecular Hbond substituents is 4. The second-order valence-electron chi connectivity index (χ2n) is 31.4. The molecule has 16 rings (SSSR count). The summed E-state index contributed by atoms with van der Waals surface area (Å²) in [6, 6.07) is 38.2. The maximum Gasteiger partial charge on any atom is 0.224 e. The third-order valence-corrected chi connectivity index (χ3v) is 23.1. The highest BCUT2D eigenvalue weighted by atomic mass is 19.1. The predicted molar refractivity (Wildman–Crippen MR) is 504 cm³/mol. The molecule has 5 aromatic carbocycles. The van der Waals surface area contributed by atoms with E-state index in [9.17, 15) is 57.2 Å². The van der Waals surface area contributed by atoms with Crippen molar-refractivity contribution in [2.45, 2.75) is 77.8 Å². The first-order valence-electron chi connectivity index (χ1n) is 42.6. The summed E-state index contributed by atoms with van der Waals surface area (Å²) in [5.74, 6) is -1.12. The van der Waals surface area contributed by atoms with E-state index in [0.29, 0.717) is 75.5 Å². The van der Waals surface area contributed by atoms with Crippen LogP contribution in [0, 0.1) is 23.5 Å². The molecular weight excluding hydrogens is 1750 g/mol. The molecular formula is C103H99F4N13O16. The van der Waals surface area contributed by atoms with E-state index in [-0.39, 0.29) is 137 Å². The number of amides is 4. The number of aromatic hydroxyl groups is 4. The van der Waals surface area contributed by atoms with E-state index >= 15 is 0 Å². The lowest BCUT2D eigenvalue weighted by Crippen LogP contribution is -2.28. The van der Waals surface area contributed by atoms with Crippen LogP contribution >= 0.6 is 0 Å². The number of phenols is 4. The highest BCUT2D eigenvalue weighted by molar-refractivity contribution is 6.10. The summed E-state index contributed by atoms with van der Waals surface area (Å²) in [6.07, 6.45) is 23.6. The third-order valence-electron chi connectivity index (χ3n) is 23.1. The van der Waals surface area contributed by atoms with Gasteiger partial charge in [-0.3, -0.25) is 44.1 Å². The number of carbonyl (C=O) groups is 4. The molecule has 0 saturated heterocycles. The average molecular weight is 1850 g/mol. The number of rotatable bonds is 28. The zero-order chi connectivity index (χ0) is 97.0. The van der Waals surface area contributed by atoms with Gasteiger partial charge >= 0.3 is 0 Å². The van der Waals surface area contributed by atoms with Gasteiger partial charge in [0.25, 0.3) is 0 Å². The van der Waals surface area contributed by atoms with Gasteiger partial charge in [0.05, 0.1) is 124 Å². The molecule has 2 unspecified atom stereocenters. The van der Waals surface area contributed by atoms with Crippen LogP contribution in [0.1, 0.15) is 141 Å². The zero-order valence-corrected chi connectivity index (χ0v) is 76.4. The molecule has 700 valence electrons. The molecule has 2 atom stereocenters. The molecule has 12 aromatic rings. The molecule has 4 amide bonds. The summed E-state index contributed by atoms with van der Waals surface area (Å²) < 4.78 is 99.1. The summed E-state index contributed by atoms with van der Waals surface area (Å²) in [7, 11) is 15.3. The lowest BCUT2D eigenvalue weighted by atomic mass is 10.0. The van der Waals surface area contributed by atoms with Gasteiger partial charge in [-0.25, -0.2) is 18.7 Å². The second-order valence-corrected chi connectivity index (χ2v) is 31.4. The summed E-state index contributed by atoms with van der Waals surface area (Å²) in [5.41, 5.74) is 17.3. The molecule has 4 aliphatic rings. The van der Waals surface area contributed by atoms with E-state index in [2.05, 4.69) is 56.2 Å². The van der Waals surface area contributed by atoms with Gasteiger partial charge in [0.1, 0.15) is 11.6 Å². The second kappa shape index (κ2) is 44.5. The minimum atomic E-state index is -0.631. The number of nitrogens with one attached hydrogen (secondary N) is 4. The Morgan fingerprint density at radius 2 is 0.831 bits per heavy atom. The standard InChI is InChI=1S/C26H24FN3O4.C26H26FN3O4.C26H24FN3O4.C25H25FN4O4/c1-15-18(8-17-9-22(33-2)26(32)23(10-17)34-3)21-14-29-24(27)11-20(21)19(15)12-25(31)30-13-16-4-6-28-7-5-16;1-30-21(9-17-10-23(33-2)26(32)24(11-17)34-3)19-7-6-18(27)12-20(19)22(30)13-25(31)29-15-16-5-4-8-28-14-16;1-15-19(10-16-11-21(33-2)25(32)22(12-16)34-3)18-7-9-29-26(27)24(18)20(15)13-23(31)30-14-17-6-4-5-8-28-17;1-30-19(11-23(31)28-13-15-5-4-6-27-12-15)18-10-17(26)14-29-24(18)20(30)7-16-8-21(33-2)25(32)22(9-16)34-3/h4-11,14,32H,12-13H2,1-3H3,(H,30,31);4-12,14,22,32H,13,15H2,1-3H3,(H,29,31);4-12,32H,13-14H2,1-3H3,(H,30,31);4-10,12,14,19,32H,11,13H2,1-3H3,(H,28,31)/b;21-9+;;20-7+. The number of nitrogens with zero attached hydrogens (tertiary/aromatic N) is 9. The lowest BCUT2D eigenvalue weighted by molar-refractivity contribution is -0.123. The number of hydrogen-bond donors (Lipinski definition) is 8. The Hall–Kier alpha value is -16.6. The fraction of sp³-hybridized carbons (Fsp3) is 0.214. The molecule has 0 fully saturated rings. The van der Waals surface area contributed by atoms with Crippen molar-refractivity contribution in [3.8, 4) is 69.0 Å². The van der Waals surface area contributed by atoms with E-state index in [1.165, 1.54) is 93.5 Å². The molecule has 8 N–H and O–H groups in total. The first-order chi connectivity index (χ1) is 65.6. The van der Waals surface area contributed by atoms with Gasteiger partial charge in [-0.15, -0.1) is 0 Å². The van der Waals surface area contributed by atoms with Crippen molar-refractivity contribution in [3.05, 3.63) is 325 Å². The van der Waals surface area contributed by atoms with E-state index in [4.69, 9.17) is 37.9 Å². The topological polar surface area (TPSA) is 368 Å². The molecule has 33 heteroatoms. The Morgan fingerprint density at radius 3 is 1.32 bits per heavy atom. The SMILES string of the molecule is COc1cc(/C=C2\c3ccc(F)cc3C(CC(=O)NCc3cccnc3)N2C)cc(OC)c1O.COc1cc(/C=C2\c3ncc(F)cc3C(CC(=O)NCc3cccnc3)N2C)cc(OC)c1O.COc1cc(C=C2C(C)=C(CC(=O)NCc3ccccn3)c3c2ccnc3F)cc(OC)c1O.COc1cc(C=C2C(C)=C(CC(=O)NCc3ccncc3)c3cc(F)ncc32)cc(OC)c1O. The van der Waals surface area contributed by atoms with Crippen LogP contribution in [-0.2, 0) is 45.4 Å². The summed E-state index contributed by atoms with van der Waals surface area (Å²) >= 11 is 0. The van der Waals surface area contributed by atoms with Crippen molar-refractivity contribution in [1.29, 1.82) is 0 Å². The molecule has 2 aliphatic heterocycles. The molecule has 0 radical (unpaired) electrons. The fourth-order valence-electron chi connectivity index (χ4n) is 16.1. The Kier molecular flexibility index (Phi) is 31.7. The van der Waals surface area contributed by atoms with Gasteiger partial charge in [-0.05, 0) is 242 Å². The first kappa shape index (κ1) is 96.9. The number of hydrogen-bond acceptors (Lipinski definition) is 25. The van der Waals surface area contributed by atoms with Crippen molar-refractivity contribution < 1.29 is 95.1 Å². The molecule has 9 heterocycles. The highest BCUT2D eigenvalue weighted by Gasteiger charge is 2.37. The molecule has 0 spiro atoms. The summed E-state index contributed by atoms with van der Waals surface area (Å²) in [4.78, 5) is 83.0.